The zero-order valence-corrected chi connectivity index (χ0v) is 26.2. The van der Waals surface area contributed by atoms with Crippen LogP contribution in [0.5, 0.6) is 5.75 Å². The number of carbonyl (C=O) groups excluding carboxylic acids is 4. The Hall–Kier alpha value is -4.70. The summed E-state index contributed by atoms with van der Waals surface area (Å²) in [5.74, 6) is 0.488. The van der Waals surface area contributed by atoms with Crippen LogP contribution in [0.3, 0.4) is 0 Å². The average molecular weight is 624 g/mol. The second kappa shape index (κ2) is 13.7. The Bertz CT molecular complexity index is 1630. The Morgan fingerprint density at radius 1 is 1.04 bits per heavy atom. The lowest BCUT2D eigenvalue weighted by Crippen LogP contribution is -2.36. The van der Waals surface area contributed by atoms with E-state index in [1.807, 2.05) is 40.1 Å². The van der Waals surface area contributed by atoms with Crippen LogP contribution in [-0.2, 0) is 29.1 Å². The van der Waals surface area contributed by atoms with Crippen molar-refractivity contribution in [2.75, 3.05) is 30.3 Å². The number of benzene rings is 3. The maximum Gasteiger partial charge on any atom is 0.262 e. The lowest BCUT2D eigenvalue weighted by atomic mass is 9.96. The third-order valence-electron chi connectivity index (χ3n) is 8.93. The van der Waals surface area contributed by atoms with Crippen molar-refractivity contribution < 1.29 is 23.9 Å². The molecule has 10 heteroatoms. The first kappa shape index (κ1) is 31.3. The fraction of sp³-hybridized carbons (Fsp3) is 0.389. The van der Waals surface area contributed by atoms with Crippen LogP contribution in [0.4, 0.5) is 11.4 Å². The highest BCUT2D eigenvalue weighted by Gasteiger charge is 2.33. The summed E-state index contributed by atoms with van der Waals surface area (Å²) in [7, 11) is 0. The van der Waals surface area contributed by atoms with Crippen LogP contribution < -0.4 is 21.1 Å². The first-order valence-electron chi connectivity index (χ1n) is 16.1. The van der Waals surface area contributed by atoms with Gasteiger partial charge < -0.3 is 30.9 Å². The summed E-state index contributed by atoms with van der Waals surface area (Å²) in [6, 6.07) is 18.5. The number of fused-ring (bicyclic) bond motifs is 2. The van der Waals surface area contributed by atoms with Crippen LogP contribution in [0, 0.1) is 5.92 Å². The van der Waals surface area contributed by atoms with E-state index in [-0.39, 0.29) is 36.3 Å². The van der Waals surface area contributed by atoms with Crippen molar-refractivity contribution >= 4 is 35.0 Å². The van der Waals surface area contributed by atoms with Crippen molar-refractivity contribution in [2.24, 2.45) is 11.7 Å². The third kappa shape index (κ3) is 7.39. The molecule has 0 spiro atoms. The van der Waals surface area contributed by atoms with E-state index in [4.69, 9.17) is 10.5 Å². The van der Waals surface area contributed by atoms with Gasteiger partial charge in [0.25, 0.3) is 17.7 Å². The molecule has 1 atom stereocenters. The summed E-state index contributed by atoms with van der Waals surface area (Å²) >= 11 is 0. The largest absolute Gasteiger partial charge is 0.482 e. The summed E-state index contributed by atoms with van der Waals surface area (Å²) in [5.41, 5.74) is 11.1. The average Bonchev–Trinajstić information content (AvgIpc) is 3.91. The molecule has 1 aliphatic carbocycles. The van der Waals surface area contributed by atoms with Gasteiger partial charge in [-0.15, -0.1) is 0 Å². The first-order chi connectivity index (χ1) is 22.3. The van der Waals surface area contributed by atoms with Gasteiger partial charge in [0.2, 0.25) is 5.91 Å². The van der Waals surface area contributed by atoms with Gasteiger partial charge in [-0.2, -0.15) is 0 Å². The molecule has 0 radical (unpaired) electrons. The van der Waals surface area contributed by atoms with E-state index in [0.29, 0.717) is 61.1 Å². The molecule has 2 aliphatic heterocycles. The second-order valence-corrected chi connectivity index (χ2v) is 12.7. The smallest absolute Gasteiger partial charge is 0.262 e. The fourth-order valence-corrected chi connectivity index (χ4v) is 6.13. The predicted molar refractivity (Wildman–Crippen MR) is 175 cm³/mol. The SMILES string of the molecule is C[C@H](CCCN)CC(=O)N1CCc2cc(NC(=O)c3ccc(CN(C(=O)c4ccc5c(c4)OCC(=O)N5)C4CC4)cc3)ccc2C1. The fourth-order valence-electron chi connectivity index (χ4n) is 6.13. The monoisotopic (exact) mass is 623 g/mol. The highest BCUT2D eigenvalue weighted by molar-refractivity contribution is 6.04. The van der Waals surface area contributed by atoms with E-state index in [0.717, 1.165) is 54.5 Å². The standard InChI is InChI=1S/C36H41N5O5/c1-23(3-2-15-37)17-34(43)40-16-14-26-18-29(10-8-28(26)21-40)38-35(44)25-6-4-24(5-7-25)20-41(30-11-12-30)36(45)27-9-13-31-32(19-27)46-22-33(42)39-31/h4-10,13,18-19,23,30H,2-3,11-12,14-17,20-22,37H2,1H3,(H,38,44)(H,39,42)/t23-/m1/s1. The van der Waals surface area contributed by atoms with Gasteiger partial charge in [-0.3, -0.25) is 19.2 Å². The Kier molecular flexibility index (Phi) is 9.35. The zero-order chi connectivity index (χ0) is 32.2. The number of hydrogen-bond donors (Lipinski definition) is 3. The van der Waals surface area contributed by atoms with Crippen molar-refractivity contribution in [3.63, 3.8) is 0 Å². The Morgan fingerprint density at radius 2 is 1.83 bits per heavy atom. The van der Waals surface area contributed by atoms with E-state index < -0.39 is 0 Å². The zero-order valence-electron chi connectivity index (χ0n) is 26.2. The summed E-state index contributed by atoms with van der Waals surface area (Å²) in [6.45, 7) is 4.38. The minimum Gasteiger partial charge on any atom is -0.482 e. The summed E-state index contributed by atoms with van der Waals surface area (Å²) in [4.78, 5) is 54.8. The van der Waals surface area contributed by atoms with Gasteiger partial charge >= 0.3 is 0 Å². The Morgan fingerprint density at radius 3 is 2.59 bits per heavy atom. The van der Waals surface area contributed by atoms with Crippen LogP contribution in [0.25, 0.3) is 0 Å². The van der Waals surface area contributed by atoms with E-state index in [1.165, 1.54) is 0 Å². The van der Waals surface area contributed by atoms with Gasteiger partial charge in [0.05, 0.1) is 5.69 Å². The molecule has 2 heterocycles. The van der Waals surface area contributed by atoms with E-state index >= 15 is 0 Å². The second-order valence-electron chi connectivity index (χ2n) is 12.7. The maximum absolute atomic E-state index is 13.5. The molecular formula is C36H41N5O5. The molecule has 4 N–H and O–H groups in total. The van der Waals surface area contributed by atoms with Crippen molar-refractivity contribution in [3.8, 4) is 5.75 Å². The lowest BCUT2D eigenvalue weighted by molar-refractivity contribution is -0.133. The van der Waals surface area contributed by atoms with Crippen LogP contribution in [-0.4, -0.2) is 59.2 Å². The highest BCUT2D eigenvalue weighted by Crippen LogP contribution is 2.33. The van der Waals surface area contributed by atoms with Crippen LogP contribution in [0.2, 0.25) is 0 Å². The van der Waals surface area contributed by atoms with Crippen LogP contribution in [0.15, 0.2) is 60.7 Å². The molecule has 0 aromatic heterocycles. The molecule has 3 aliphatic rings. The molecule has 240 valence electrons. The number of anilines is 2. The van der Waals surface area contributed by atoms with Gasteiger partial charge in [0, 0.05) is 48.9 Å². The number of carbonyl (C=O) groups is 4. The van der Waals surface area contributed by atoms with Crippen LogP contribution >= 0.6 is 0 Å². The molecular weight excluding hydrogens is 582 g/mol. The molecule has 0 unspecified atom stereocenters. The summed E-state index contributed by atoms with van der Waals surface area (Å²) in [6.07, 6.45) is 5.10. The quantitative estimate of drug-likeness (QED) is 0.283. The molecule has 0 saturated heterocycles. The minimum absolute atomic E-state index is 0.0692. The van der Waals surface area contributed by atoms with Gasteiger partial charge in [0.15, 0.2) is 6.61 Å². The predicted octanol–water partition coefficient (Wildman–Crippen LogP) is 4.72. The van der Waals surface area contributed by atoms with E-state index in [1.54, 1.807) is 30.3 Å². The number of nitrogens with two attached hydrogens (primary N) is 1. The van der Waals surface area contributed by atoms with Gasteiger partial charge in [-0.05, 0) is 104 Å². The maximum atomic E-state index is 13.5. The minimum atomic E-state index is -0.216. The molecule has 10 nitrogen and oxygen atoms in total. The van der Waals surface area contributed by atoms with Crippen molar-refractivity contribution in [1.82, 2.24) is 9.80 Å². The first-order valence-corrected chi connectivity index (χ1v) is 16.1. The number of amides is 4. The molecule has 6 rings (SSSR count). The number of nitrogens with zero attached hydrogens (tertiary/aromatic N) is 2. The van der Waals surface area contributed by atoms with Crippen molar-refractivity contribution in [1.29, 1.82) is 0 Å². The molecule has 4 amide bonds. The van der Waals surface area contributed by atoms with Crippen LogP contribution in [0.1, 0.15) is 76.4 Å². The van der Waals surface area contributed by atoms with E-state index in [2.05, 4.69) is 17.6 Å². The summed E-state index contributed by atoms with van der Waals surface area (Å²) in [5, 5.41) is 5.76. The van der Waals surface area contributed by atoms with Crippen molar-refractivity contribution in [2.45, 2.75) is 64.6 Å². The molecule has 3 aromatic rings. The van der Waals surface area contributed by atoms with Gasteiger partial charge in [-0.25, -0.2) is 0 Å². The number of nitrogens with one attached hydrogen (secondary N) is 2. The Balaban J connectivity index is 1.05. The highest BCUT2D eigenvalue weighted by atomic mass is 16.5. The summed E-state index contributed by atoms with van der Waals surface area (Å²) < 4.78 is 5.50. The lowest BCUT2D eigenvalue weighted by Gasteiger charge is -2.30. The number of hydrogen-bond acceptors (Lipinski definition) is 6. The molecule has 3 aromatic carbocycles. The van der Waals surface area contributed by atoms with Gasteiger partial charge in [0.1, 0.15) is 5.75 Å². The molecule has 1 saturated carbocycles. The van der Waals surface area contributed by atoms with E-state index in [9.17, 15) is 19.2 Å². The number of ether oxygens (including phenoxy) is 1. The topological polar surface area (TPSA) is 134 Å². The Labute approximate surface area is 269 Å². The normalized spacial score (nSPS) is 16.0. The molecule has 46 heavy (non-hydrogen) atoms. The van der Waals surface area contributed by atoms with Gasteiger partial charge in [-0.1, -0.05) is 25.1 Å². The molecule has 1 fully saturated rings. The number of rotatable bonds is 11. The van der Waals surface area contributed by atoms with Crippen molar-refractivity contribution in [3.05, 3.63) is 88.5 Å². The third-order valence-corrected chi connectivity index (χ3v) is 8.93. The molecule has 0 bridgehead atoms.